The summed E-state index contributed by atoms with van der Waals surface area (Å²) in [5, 5.41) is 2.78. The number of fused-ring (bicyclic) bond motifs is 1. The first kappa shape index (κ1) is 17.6. The largest absolute Gasteiger partial charge is 0.489 e. The maximum atomic E-state index is 13.3. The van der Waals surface area contributed by atoms with Gasteiger partial charge in [-0.25, -0.2) is 8.78 Å². The summed E-state index contributed by atoms with van der Waals surface area (Å²) in [6.45, 7) is 5.46. The van der Waals surface area contributed by atoms with Gasteiger partial charge in [0.1, 0.15) is 11.9 Å². The lowest BCUT2D eigenvalue weighted by molar-refractivity contribution is -0.111. The molecule has 3 nitrogen and oxygen atoms in total. The number of benzene rings is 1. The van der Waals surface area contributed by atoms with Gasteiger partial charge in [-0.3, -0.25) is 4.79 Å². The molecular weight excluding hydrogens is 324 g/mol. The van der Waals surface area contributed by atoms with Crippen molar-refractivity contribution in [3.8, 4) is 5.75 Å². The molecule has 0 saturated heterocycles. The fraction of sp³-hybridized carbons (Fsp3) is 0.450. The van der Waals surface area contributed by atoms with Crippen LogP contribution in [0.15, 0.2) is 30.9 Å². The highest BCUT2D eigenvalue weighted by molar-refractivity contribution is 5.99. The summed E-state index contributed by atoms with van der Waals surface area (Å²) in [5.74, 6) is -1.81. The Bertz CT molecular complexity index is 702. The minimum atomic E-state index is -2.51. The number of rotatable bonds is 4. The molecule has 1 aromatic carbocycles. The first-order chi connectivity index (χ1) is 11.9. The van der Waals surface area contributed by atoms with E-state index in [0.29, 0.717) is 18.5 Å². The monoisotopic (exact) mass is 347 g/mol. The molecule has 1 N–H and O–H groups in total. The smallest absolute Gasteiger partial charge is 0.248 e. The van der Waals surface area contributed by atoms with Crippen molar-refractivity contribution in [1.29, 1.82) is 0 Å². The van der Waals surface area contributed by atoms with E-state index in [-0.39, 0.29) is 30.8 Å². The zero-order chi connectivity index (χ0) is 18.0. The molecule has 1 amide bonds. The molecule has 3 rings (SSSR count). The molecule has 1 fully saturated rings. The second-order valence-corrected chi connectivity index (χ2v) is 6.93. The fourth-order valence-corrected chi connectivity index (χ4v) is 3.45. The van der Waals surface area contributed by atoms with E-state index in [1.807, 2.05) is 31.2 Å². The third kappa shape index (κ3) is 4.27. The number of nitrogens with one attached hydrogen (secondary N) is 1. The van der Waals surface area contributed by atoms with E-state index in [1.165, 1.54) is 6.08 Å². The van der Waals surface area contributed by atoms with Crippen LogP contribution < -0.4 is 10.1 Å². The summed E-state index contributed by atoms with van der Waals surface area (Å²) in [4.78, 5) is 11.6. The van der Waals surface area contributed by atoms with Crippen LogP contribution in [0, 0.1) is 5.92 Å². The van der Waals surface area contributed by atoms with E-state index in [1.54, 1.807) is 0 Å². The van der Waals surface area contributed by atoms with E-state index in [0.717, 1.165) is 23.3 Å². The maximum absolute atomic E-state index is 13.3. The molecule has 1 saturated carbocycles. The molecule has 1 aliphatic carbocycles. The van der Waals surface area contributed by atoms with E-state index < -0.39 is 5.92 Å². The zero-order valence-corrected chi connectivity index (χ0v) is 14.4. The molecule has 1 heterocycles. The van der Waals surface area contributed by atoms with Gasteiger partial charge in [0.15, 0.2) is 0 Å². The van der Waals surface area contributed by atoms with Gasteiger partial charge >= 0.3 is 0 Å². The Morgan fingerprint density at radius 3 is 2.76 bits per heavy atom. The Morgan fingerprint density at radius 1 is 1.36 bits per heavy atom. The molecule has 0 unspecified atom stereocenters. The lowest BCUT2D eigenvalue weighted by atomic mass is 9.86. The van der Waals surface area contributed by atoms with Crippen LogP contribution in [-0.2, 0) is 11.2 Å². The van der Waals surface area contributed by atoms with Crippen molar-refractivity contribution in [2.45, 2.75) is 51.1 Å². The number of halogens is 2. The van der Waals surface area contributed by atoms with Gasteiger partial charge in [-0.05, 0) is 43.9 Å². The number of anilines is 1. The van der Waals surface area contributed by atoms with Crippen molar-refractivity contribution in [3.05, 3.63) is 42.0 Å². The lowest BCUT2D eigenvalue weighted by Crippen LogP contribution is -2.23. The number of amides is 1. The van der Waals surface area contributed by atoms with Crippen LogP contribution >= 0.6 is 0 Å². The molecule has 0 bridgehead atoms. The molecule has 1 aromatic rings. The number of hydrogen-bond donors (Lipinski definition) is 1. The fourth-order valence-electron chi connectivity index (χ4n) is 3.45. The maximum Gasteiger partial charge on any atom is 0.248 e. The number of carbonyl (C=O) groups is 1. The number of hydrogen-bond acceptors (Lipinski definition) is 2. The van der Waals surface area contributed by atoms with Crippen molar-refractivity contribution in [2.24, 2.45) is 5.92 Å². The van der Waals surface area contributed by atoms with Gasteiger partial charge in [-0.15, -0.1) is 0 Å². The van der Waals surface area contributed by atoms with Crippen LogP contribution in [0.3, 0.4) is 0 Å². The van der Waals surface area contributed by atoms with E-state index in [2.05, 4.69) is 11.9 Å². The SMILES string of the molecule is C=CC(=O)Nc1cc(/C=C/C2CCC(F)(F)CC2)c2c(c1)C[C@@H](C)O2. The van der Waals surface area contributed by atoms with Crippen molar-refractivity contribution < 1.29 is 18.3 Å². The third-order valence-corrected chi connectivity index (χ3v) is 4.78. The molecule has 5 heteroatoms. The first-order valence-corrected chi connectivity index (χ1v) is 8.69. The Balaban J connectivity index is 1.81. The Morgan fingerprint density at radius 2 is 2.08 bits per heavy atom. The van der Waals surface area contributed by atoms with Crippen molar-refractivity contribution in [1.82, 2.24) is 0 Å². The summed E-state index contributed by atoms with van der Waals surface area (Å²) in [7, 11) is 0. The van der Waals surface area contributed by atoms with Gasteiger partial charge < -0.3 is 10.1 Å². The highest BCUT2D eigenvalue weighted by Gasteiger charge is 2.34. The summed E-state index contributed by atoms with van der Waals surface area (Å²) in [6.07, 6.45) is 6.91. The Labute approximate surface area is 146 Å². The van der Waals surface area contributed by atoms with Crippen LogP contribution in [0.1, 0.15) is 43.7 Å². The lowest BCUT2D eigenvalue weighted by Gasteiger charge is -2.26. The quantitative estimate of drug-likeness (QED) is 0.781. The number of alkyl halides is 2. The summed E-state index contributed by atoms with van der Waals surface area (Å²) >= 11 is 0. The minimum absolute atomic E-state index is 0.0525. The second-order valence-electron chi connectivity index (χ2n) is 6.93. The van der Waals surface area contributed by atoms with E-state index >= 15 is 0 Å². The van der Waals surface area contributed by atoms with Crippen LogP contribution in [-0.4, -0.2) is 17.9 Å². The predicted octanol–water partition coefficient (Wildman–Crippen LogP) is 4.97. The standard InChI is InChI=1S/C20H23F2NO2/c1-3-18(24)23-17-11-15(19-16(12-17)10-13(2)25-19)5-4-14-6-8-20(21,22)9-7-14/h3-5,11-14H,1,6-10H2,2H3,(H,23,24)/b5-4+/t13-/m1/s1. The highest BCUT2D eigenvalue weighted by Crippen LogP contribution is 2.39. The molecule has 0 spiro atoms. The van der Waals surface area contributed by atoms with Gasteiger partial charge in [-0.1, -0.05) is 18.7 Å². The van der Waals surface area contributed by atoms with Gasteiger partial charge in [0.2, 0.25) is 11.8 Å². The molecule has 134 valence electrons. The van der Waals surface area contributed by atoms with Gasteiger partial charge in [0.05, 0.1) is 0 Å². The molecule has 1 atom stereocenters. The van der Waals surface area contributed by atoms with Crippen molar-refractivity contribution in [2.75, 3.05) is 5.32 Å². The van der Waals surface area contributed by atoms with Gasteiger partial charge in [0.25, 0.3) is 0 Å². The summed E-state index contributed by atoms with van der Waals surface area (Å²) in [5.41, 5.74) is 2.61. The third-order valence-electron chi connectivity index (χ3n) is 4.78. The van der Waals surface area contributed by atoms with Crippen LogP contribution in [0.5, 0.6) is 5.75 Å². The number of carbonyl (C=O) groups excluding carboxylic acids is 1. The van der Waals surface area contributed by atoms with Gasteiger partial charge in [0, 0.05) is 36.1 Å². The van der Waals surface area contributed by atoms with E-state index in [4.69, 9.17) is 4.74 Å². The average molecular weight is 347 g/mol. The normalized spacial score (nSPS) is 22.4. The first-order valence-electron chi connectivity index (χ1n) is 8.69. The van der Waals surface area contributed by atoms with Crippen LogP contribution in [0.25, 0.3) is 6.08 Å². The van der Waals surface area contributed by atoms with Crippen LogP contribution in [0.4, 0.5) is 14.5 Å². The van der Waals surface area contributed by atoms with Gasteiger partial charge in [-0.2, -0.15) is 0 Å². The Hall–Kier alpha value is -2.17. The number of allylic oxidation sites excluding steroid dienone is 1. The molecular formula is C20H23F2NO2. The second kappa shape index (κ2) is 6.98. The van der Waals surface area contributed by atoms with Crippen molar-refractivity contribution in [3.63, 3.8) is 0 Å². The topological polar surface area (TPSA) is 38.3 Å². The molecule has 0 aromatic heterocycles. The average Bonchev–Trinajstić information content (AvgIpc) is 2.93. The molecule has 1 aliphatic heterocycles. The van der Waals surface area contributed by atoms with Crippen molar-refractivity contribution >= 4 is 17.7 Å². The highest BCUT2D eigenvalue weighted by atomic mass is 19.3. The Kier molecular flexibility index (Phi) is 4.93. The summed E-state index contributed by atoms with van der Waals surface area (Å²) in [6, 6.07) is 3.77. The predicted molar refractivity (Wildman–Crippen MR) is 95.0 cm³/mol. The van der Waals surface area contributed by atoms with Crippen LogP contribution in [0.2, 0.25) is 0 Å². The summed E-state index contributed by atoms with van der Waals surface area (Å²) < 4.78 is 32.5. The number of ether oxygens (including phenoxy) is 1. The minimum Gasteiger partial charge on any atom is -0.489 e. The molecule has 0 radical (unpaired) electrons. The van der Waals surface area contributed by atoms with E-state index in [9.17, 15) is 13.6 Å². The zero-order valence-electron chi connectivity index (χ0n) is 14.4. The molecule has 2 aliphatic rings. The molecule has 25 heavy (non-hydrogen) atoms.